The molecule has 0 aromatic carbocycles. The molecule has 0 fully saturated rings. The van der Waals surface area contributed by atoms with Crippen molar-refractivity contribution < 1.29 is 9.59 Å². The van der Waals surface area contributed by atoms with E-state index in [1.807, 2.05) is 6.92 Å². The highest BCUT2D eigenvalue weighted by molar-refractivity contribution is 9.10. The number of aryl methyl sites for hydroxylation is 2. The molecular weight excluding hydrogens is 346 g/mol. The molecule has 0 aliphatic carbocycles. The maximum Gasteiger partial charge on any atom is 0.286 e. The van der Waals surface area contributed by atoms with Crippen LogP contribution in [0, 0.1) is 0 Å². The number of halogens is 1. The summed E-state index contributed by atoms with van der Waals surface area (Å²) in [4.78, 5) is 24.2. The number of hydrogen-bond acceptors (Lipinski definition) is 5. The number of aromatic nitrogens is 3. The van der Waals surface area contributed by atoms with Gasteiger partial charge in [-0.2, -0.15) is 0 Å². The molecule has 2 heterocycles. The fraction of sp³-hybridized carbons (Fsp3) is 0.273. The number of hydrogen-bond donors (Lipinski definition) is 2. The summed E-state index contributed by atoms with van der Waals surface area (Å²) in [6.45, 7) is 1.88. The van der Waals surface area contributed by atoms with Gasteiger partial charge in [-0.25, -0.2) is 0 Å². The Morgan fingerprint density at radius 2 is 2.10 bits per heavy atom. The first-order valence-corrected chi connectivity index (χ1v) is 7.33. The molecule has 2 amide bonds. The Morgan fingerprint density at radius 1 is 1.40 bits per heavy atom. The molecule has 0 bridgehead atoms. The van der Waals surface area contributed by atoms with Gasteiger partial charge < -0.3 is 4.57 Å². The van der Waals surface area contributed by atoms with Crippen LogP contribution in [0.3, 0.4) is 0 Å². The summed E-state index contributed by atoms with van der Waals surface area (Å²) in [7, 11) is 1.74. The van der Waals surface area contributed by atoms with Gasteiger partial charge in [-0.15, -0.1) is 5.10 Å². The van der Waals surface area contributed by atoms with E-state index in [-0.39, 0.29) is 0 Å². The van der Waals surface area contributed by atoms with Crippen molar-refractivity contribution in [3.05, 3.63) is 33.0 Å². The Bertz CT molecular complexity index is 651. The molecule has 0 aliphatic heterocycles. The molecule has 0 aliphatic rings. The second-order valence-electron chi connectivity index (χ2n) is 3.97. The lowest BCUT2D eigenvalue weighted by Crippen LogP contribution is -2.42. The van der Waals surface area contributed by atoms with Gasteiger partial charge in [-0.1, -0.05) is 11.4 Å². The van der Waals surface area contributed by atoms with E-state index in [2.05, 4.69) is 36.4 Å². The van der Waals surface area contributed by atoms with Crippen molar-refractivity contribution in [3.63, 3.8) is 0 Å². The predicted octanol–water partition coefficient (Wildman–Crippen LogP) is 1.28. The maximum absolute atomic E-state index is 11.9. The van der Waals surface area contributed by atoms with Crippen LogP contribution in [0.2, 0.25) is 0 Å². The zero-order chi connectivity index (χ0) is 14.7. The first-order valence-electron chi connectivity index (χ1n) is 5.76. The highest BCUT2D eigenvalue weighted by atomic mass is 79.9. The SMILES string of the molecule is CCc1nnsc1C(=O)NNC(=O)c1cc(Br)cn1C. The van der Waals surface area contributed by atoms with Crippen LogP contribution < -0.4 is 10.9 Å². The summed E-state index contributed by atoms with van der Waals surface area (Å²) >= 11 is 4.28. The fourth-order valence-electron chi connectivity index (χ4n) is 1.60. The van der Waals surface area contributed by atoms with E-state index in [9.17, 15) is 9.59 Å². The zero-order valence-electron chi connectivity index (χ0n) is 10.8. The molecule has 0 saturated heterocycles. The van der Waals surface area contributed by atoms with E-state index >= 15 is 0 Å². The molecule has 0 radical (unpaired) electrons. The number of hydrazine groups is 1. The van der Waals surface area contributed by atoms with Gasteiger partial charge in [0.1, 0.15) is 10.6 Å². The molecule has 0 unspecified atom stereocenters. The van der Waals surface area contributed by atoms with Crippen LogP contribution in [0.4, 0.5) is 0 Å². The van der Waals surface area contributed by atoms with Crippen molar-refractivity contribution in [1.82, 2.24) is 25.0 Å². The Balaban J connectivity index is 2.00. The zero-order valence-corrected chi connectivity index (χ0v) is 13.2. The molecule has 106 valence electrons. The molecule has 0 saturated carbocycles. The van der Waals surface area contributed by atoms with E-state index < -0.39 is 11.8 Å². The molecule has 7 nitrogen and oxygen atoms in total. The molecule has 0 spiro atoms. The third-order valence-corrected chi connectivity index (χ3v) is 3.79. The topological polar surface area (TPSA) is 88.9 Å². The summed E-state index contributed by atoms with van der Waals surface area (Å²) < 4.78 is 6.16. The van der Waals surface area contributed by atoms with Gasteiger partial charge in [-0.05, 0) is 39.9 Å². The Kier molecular flexibility index (Phi) is 4.50. The summed E-state index contributed by atoms with van der Waals surface area (Å²) in [5, 5.41) is 3.84. The molecule has 2 aromatic heterocycles. The normalized spacial score (nSPS) is 10.3. The lowest BCUT2D eigenvalue weighted by Gasteiger charge is -2.07. The average Bonchev–Trinajstić information content (AvgIpc) is 3.01. The van der Waals surface area contributed by atoms with Crippen LogP contribution in [0.5, 0.6) is 0 Å². The number of carbonyl (C=O) groups excluding carboxylic acids is 2. The first-order chi connectivity index (χ1) is 9.52. The van der Waals surface area contributed by atoms with Crippen molar-refractivity contribution in [3.8, 4) is 0 Å². The van der Waals surface area contributed by atoms with Crippen molar-refractivity contribution in [1.29, 1.82) is 0 Å². The molecule has 2 aromatic rings. The van der Waals surface area contributed by atoms with Crippen molar-refractivity contribution >= 4 is 39.3 Å². The second kappa shape index (κ2) is 6.14. The van der Waals surface area contributed by atoms with E-state index in [1.54, 1.807) is 23.9 Å². The summed E-state index contributed by atoms with van der Waals surface area (Å²) in [6, 6.07) is 1.66. The van der Waals surface area contributed by atoms with Crippen LogP contribution in [0.1, 0.15) is 32.8 Å². The van der Waals surface area contributed by atoms with Gasteiger partial charge in [0, 0.05) is 17.7 Å². The number of amides is 2. The van der Waals surface area contributed by atoms with Gasteiger partial charge in [-0.3, -0.25) is 20.4 Å². The molecule has 9 heteroatoms. The smallest absolute Gasteiger partial charge is 0.286 e. The molecule has 20 heavy (non-hydrogen) atoms. The highest BCUT2D eigenvalue weighted by Crippen LogP contribution is 2.13. The number of carbonyl (C=O) groups is 2. The Labute approximate surface area is 127 Å². The van der Waals surface area contributed by atoms with Crippen LogP contribution in [-0.2, 0) is 13.5 Å². The van der Waals surface area contributed by atoms with Crippen molar-refractivity contribution in [2.75, 3.05) is 0 Å². The molecular formula is C11H12BrN5O2S. The third kappa shape index (κ3) is 3.05. The number of rotatable bonds is 3. The predicted molar refractivity (Wildman–Crippen MR) is 77.3 cm³/mol. The Morgan fingerprint density at radius 3 is 2.70 bits per heavy atom. The minimum absolute atomic E-state index is 0.401. The Hall–Kier alpha value is -1.74. The van der Waals surface area contributed by atoms with Crippen molar-refractivity contribution in [2.45, 2.75) is 13.3 Å². The van der Waals surface area contributed by atoms with Crippen molar-refractivity contribution in [2.24, 2.45) is 7.05 Å². The lowest BCUT2D eigenvalue weighted by atomic mass is 10.3. The van der Waals surface area contributed by atoms with E-state index in [4.69, 9.17) is 0 Å². The van der Waals surface area contributed by atoms with Gasteiger partial charge in [0.15, 0.2) is 0 Å². The monoisotopic (exact) mass is 357 g/mol. The van der Waals surface area contributed by atoms with Gasteiger partial charge in [0.05, 0.1) is 5.69 Å². The molecule has 2 N–H and O–H groups in total. The van der Waals surface area contributed by atoms with Gasteiger partial charge in [0.2, 0.25) is 0 Å². The largest absolute Gasteiger partial charge is 0.345 e. The van der Waals surface area contributed by atoms with E-state index in [0.717, 1.165) is 16.0 Å². The number of nitrogens with one attached hydrogen (secondary N) is 2. The summed E-state index contributed by atoms with van der Waals surface area (Å²) in [5.41, 5.74) is 5.76. The van der Waals surface area contributed by atoms with Crippen LogP contribution in [0.25, 0.3) is 0 Å². The summed E-state index contributed by atoms with van der Waals surface area (Å²) in [5.74, 6) is -0.819. The quantitative estimate of drug-likeness (QED) is 0.809. The maximum atomic E-state index is 11.9. The third-order valence-electron chi connectivity index (χ3n) is 2.59. The number of nitrogens with zero attached hydrogens (tertiary/aromatic N) is 3. The fourth-order valence-corrected chi connectivity index (χ4v) is 2.77. The second-order valence-corrected chi connectivity index (χ2v) is 5.63. The lowest BCUT2D eigenvalue weighted by molar-refractivity contribution is 0.0843. The molecule has 2 rings (SSSR count). The average molecular weight is 358 g/mol. The van der Waals surface area contributed by atoms with Crippen LogP contribution >= 0.6 is 27.5 Å². The minimum atomic E-state index is -0.418. The van der Waals surface area contributed by atoms with Crippen LogP contribution in [0.15, 0.2) is 16.7 Å². The molecule has 0 atom stereocenters. The minimum Gasteiger partial charge on any atom is -0.345 e. The van der Waals surface area contributed by atoms with Gasteiger partial charge >= 0.3 is 0 Å². The highest BCUT2D eigenvalue weighted by Gasteiger charge is 2.17. The standard InChI is InChI=1S/C11H12BrN5O2S/c1-3-7-9(20-16-13-7)11(19)15-14-10(18)8-4-6(12)5-17(8)2/h4-5H,3H2,1-2H3,(H,14,18)(H,15,19). The summed E-state index contributed by atoms with van der Waals surface area (Å²) in [6.07, 6.45) is 2.36. The van der Waals surface area contributed by atoms with Gasteiger partial charge in [0.25, 0.3) is 11.8 Å². The first kappa shape index (κ1) is 14.7. The van der Waals surface area contributed by atoms with E-state index in [0.29, 0.717) is 22.7 Å². The van der Waals surface area contributed by atoms with E-state index in [1.165, 1.54) is 0 Å². The van der Waals surface area contributed by atoms with Crippen LogP contribution in [-0.4, -0.2) is 26.0 Å².